The number of nitrogens with zero attached hydrogens (tertiary/aromatic N) is 2. The number of hydrogen-bond acceptors (Lipinski definition) is 5. The molecule has 2 fully saturated rings. The lowest BCUT2D eigenvalue weighted by molar-refractivity contribution is -0.0181. The van der Waals surface area contributed by atoms with E-state index in [1.807, 2.05) is 0 Å². The number of morpholine rings is 1. The van der Waals surface area contributed by atoms with Crippen molar-refractivity contribution in [3.8, 4) is 0 Å². The second-order valence-electron chi connectivity index (χ2n) is 4.91. The molecular weight excluding hydrogens is 234 g/mol. The Kier molecular flexibility index (Phi) is 6.08. The number of thioether (sulfide) groups is 1. The minimum atomic E-state index is 0.380. The Morgan fingerprint density at radius 1 is 1.29 bits per heavy atom. The summed E-state index contributed by atoms with van der Waals surface area (Å²) in [4.78, 5) is 4.90. The number of hydrogen-bond donors (Lipinski definition) is 1. The van der Waals surface area contributed by atoms with E-state index < -0.39 is 0 Å². The lowest BCUT2D eigenvalue weighted by Gasteiger charge is -2.30. The van der Waals surface area contributed by atoms with Gasteiger partial charge in [-0.2, -0.15) is 11.8 Å². The molecule has 0 amide bonds. The molecule has 17 heavy (non-hydrogen) atoms. The summed E-state index contributed by atoms with van der Waals surface area (Å²) in [5.41, 5.74) is 0. The van der Waals surface area contributed by atoms with Crippen molar-refractivity contribution in [3.05, 3.63) is 0 Å². The van der Waals surface area contributed by atoms with Crippen LogP contribution in [0.5, 0.6) is 0 Å². The van der Waals surface area contributed by atoms with E-state index in [0.717, 1.165) is 32.8 Å². The van der Waals surface area contributed by atoms with Crippen molar-refractivity contribution < 1.29 is 4.74 Å². The molecule has 0 saturated carbocycles. The van der Waals surface area contributed by atoms with E-state index in [0.29, 0.717) is 6.10 Å². The third-order valence-electron chi connectivity index (χ3n) is 3.42. The van der Waals surface area contributed by atoms with Crippen LogP contribution in [0.3, 0.4) is 0 Å². The van der Waals surface area contributed by atoms with Crippen molar-refractivity contribution in [2.75, 3.05) is 71.0 Å². The molecule has 0 aromatic carbocycles. The molecule has 0 aromatic rings. The molecule has 1 atom stereocenters. The lowest BCUT2D eigenvalue weighted by atomic mass is 10.3. The van der Waals surface area contributed by atoms with Crippen LogP contribution in [-0.2, 0) is 4.74 Å². The zero-order valence-corrected chi connectivity index (χ0v) is 11.7. The van der Waals surface area contributed by atoms with Crippen molar-refractivity contribution in [1.29, 1.82) is 0 Å². The van der Waals surface area contributed by atoms with E-state index in [1.165, 1.54) is 31.1 Å². The van der Waals surface area contributed by atoms with Crippen LogP contribution in [0, 0.1) is 0 Å². The fourth-order valence-corrected chi connectivity index (χ4v) is 3.29. The maximum atomic E-state index is 5.72. The van der Waals surface area contributed by atoms with E-state index in [1.54, 1.807) is 0 Å². The second-order valence-corrected chi connectivity index (χ2v) is 6.14. The van der Waals surface area contributed by atoms with Gasteiger partial charge in [-0.25, -0.2) is 0 Å². The Balaban J connectivity index is 1.50. The van der Waals surface area contributed by atoms with Crippen LogP contribution in [0.4, 0.5) is 0 Å². The Labute approximate surface area is 109 Å². The highest BCUT2D eigenvalue weighted by Gasteiger charge is 2.17. The molecule has 2 saturated heterocycles. The van der Waals surface area contributed by atoms with Gasteiger partial charge in [-0.15, -0.1) is 0 Å². The van der Waals surface area contributed by atoms with Crippen molar-refractivity contribution in [1.82, 2.24) is 15.1 Å². The molecule has 0 radical (unpaired) electrons. The molecule has 1 unspecified atom stereocenters. The molecule has 0 aliphatic carbocycles. The van der Waals surface area contributed by atoms with E-state index in [4.69, 9.17) is 4.74 Å². The van der Waals surface area contributed by atoms with Crippen LogP contribution in [-0.4, -0.2) is 86.9 Å². The van der Waals surface area contributed by atoms with Crippen molar-refractivity contribution >= 4 is 11.8 Å². The summed E-state index contributed by atoms with van der Waals surface area (Å²) < 4.78 is 5.72. The monoisotopic (exact) mass is 259 g/mol. The van der Waals surface area contributed by atoms with Gasteiger partial charge < -0.3 is 19.9 Å². The number of ether oxygens (including phenoxy) is 1. The fourth-order valence-electron chi connectivity index (χ4n) is 2.32. The highest BCUT2D eigenvalue weighted by molar-refractivity contribution is 7.99. The van der Waals surface area contributed by atoms with Crippen LogP contribution in [0.2, 0.25) is 0 Å². The summed E-state index contributed by atoms with van der Waals surface area (Å²) >= 11 is 2.07. The second kappa shape index (κ2) is 7.59. The van der Waals surface area contributed by atoms with Gasteiger partial charge in [0.05, 0.1) is 12.7 Å². The smallest absolute Gasteiger partial charge is 0.0826 e. The lowest BCUT2D eigenvalue weighted by Crippen LogP contribution is -2.46. The molecule has 100 valence electrons. The molecule has 0 bridgehead atoms. The third-order valence-corrected chi connectivity index (χ3v) is 4.36. The van der Waals surface area contributed by atoms with Gasteiger partial charge in [-0.1, -0.05) is 0 Å². The van der Waals surface area contributed by atoms with Crippen LogP contribution in [0.1, 0.15) is 0 Å². The molecule has 0 aromatic heterocycles. The van der Waals surface area contributed by atoms with Crippen LogP contribution in [0.15, 0.2) is 0 Å². The zero-order valence-electron chi connectivity index (χ0n) is 10.9. The van der Waals surface area contributed by atoms with Gasteiger partial charge in [0.25, 0.3) is 0 Å². The molecule has 1 N–H and O–H groups in total. The Hall–Kier alpha value is 0.190. The third kappa shape index (κ3) is 5.14. The van der Waals surface area contributed by atoms with Gasteiger partial charge in [-0.3, -0.25) is 0 Å². The molecule has 0 spiro atoms. The van der Waals surface area contributed by atoms with Crippen molar-refractivity contribution in [3.63, 3.8) is 0 Å². The summed E-state index contributed by atoms with van der Waals surface area (Å²) in [5.74, 6) is 2.60. The summed E-state index contributed by atoms with van der Waals surface area (Å²) in [7, 11) is 2.17. The average Bonchev–Trinajstić information content (AvgIpc) is 2.36. The fraction of sp³-hybridized carbons (Fsp3) is 1.00. The summed E-state index contributed by atoms with van der Waals surface area (Å²) in [6.45, 7) is 8.80. The normalized spacial score (nSPS) is 28.4. The maximum absolute atomic E-state index is 5.72. The minimum absolute atomic E-state index is 0.380. The quantitative estimate of drug-likeness (QED) is 0.699. The van der Waals surface area contributed by atoms with Crippen LogP contribution >= 0.6 is 11.8 Å². The van der Waals surface area contributed by atoms with E-state index in [-0.39, 0.29) is 0 Å². The number of likely N-dealkylation sites (N-methyl/N-ethyl adjacent to an activating group) is 1. The Morgan fingerprint density at radius 3 is 2.88 bits per heavy atom. The standard InChI is InChI=1S/C12H25N3OS/c1-14-4-7-16-12(11-14)10-13-2-3-15-5-8-17-9-6-15/h12-13H,2-11H2,1H3. The van der Waals surface area contributed by atoms with Gasteiger partial charge in [0, 0.05) is 57.3 Å². The molecule has 2 heterocycles. The Bertz CT molecular complexity index is 212. The first-order chi connectivity index (χ1) is 8.34. The zero-order chi connectivity index (χ0) is 11.9. The molecule has 5 heteroatoms. The summed E-state index contributed by atoms with van der Waals surface area (Å²) in [6.07, 6.45) is 0.380. The van der Waals surface area contributed by atoms with Crippen LogP contribution < -0.4 is 5.32 Å². The van der Waals surface area contributed by atoms with Gasteiger partial charge in [0.2, 0.25) is 0 Å². The topological polar surface area (TPSA) is 27.7 Å². The first kappa shape index (κ1) is 13.6. The predicted molar refractivity (Wildman–Crippen MR) is 73.9 cm³/mol. The molecule has 2 aliphatic heterocycles. The summed E-state index contributed by atoms with van der Waals surface area (Å²) in [5, 5.41) is 3.52. The molecule has 2 aliphatic rings. The molecule has 4 nitrogen and oxygen atoms in total. The first-order valence-electron chi connectivity index (χ1n) is 6.65. The average molecular weight is 259 g/mol. The predicted octanol–water partition coefficient (Wildman–Crippen LogP) is -0.0446. The van der Waals surface area contributed by atoms with E-state index >= 15 is 0 Å². The Morgan fingerprint density at radius 2 is 2.12 bits per heavy atom. The number of nitrogens with one attached hydrogen (secondary N) is 1. The first-order valence-corrected chi connectivity index (χ1v) is 7.81. The van der Waals surface area contributed by atoms with Gasteiger partial charge >= 0.3 is 0 Å². The van der Waals surface area contributed by atoms with Gasteiger partial charge in [0.1, 0.15) is 0 Å². The van der Waals surface area contributed by atoms with Crippen molar-refractivity contribution in [2.45, 2.75) is 6.10 Å². The number of rotatable bonds is 5. The largest absolute Gasteiger partial charge is 0.374 e. The van der Waals surface area contributed by atoms with Gasteiger partial charge in [-0.05, 0) is 7.05 Å². The van der Waals surface area contributed by atoms with Gasteiger partial charge in [0.15, 0.2) is 0 Å². The van der Waals surface area contributed by atoms with E-state index in [2.05, 4.69) is 33.9 Å². The van der Waals surface area contributed by atoms with E-state index in [9.17, 15) is 0 Å². The summed E-state index contributed by atoms with van der Waals surface area (Å²) in [6, 6.07) is 0. The SMILES string of the molecule is CN1CCOC(CNCCN2CCSCC2)C1. The van der Waals surface area contributed by atoms with Crippen molar-refractivity contribution in [2.24, 2.45) is 0 Å². The molecular formula is C12H25N3OS. The maximum Gasteiger partial charge on any atom is 0.0826 e. The minimum Gasteiger partial charge on any atom is -0.374 e. The molecule has 2 rings (SSSR count). The highest BCUT2D eigenvalue weighted by Crippen LogP contribution is 2.08. The highest BCUT2D eigenvalue weighted by atomic mass is 32.2. The van der Waals surface area contributed by atoms with Crippen LogP contribution in [0.25, 0.3) is 0 Å².